The molecule has 4 rings (SSSR count). The second-order valence-corrected chi connectivity index (χ2v) is 6.71. The minimum absolute atomic E-state index is 0.992. The van der Waals surface area contributed by atoms with Crippen LogP contribution in [0.25, 0.3) is 22.8 Å². The van der Waals surface area contributed by atoms with Gasteiger partial charge in [0, 0.05) is 55.4 Å². The van der Waals surface area contributed by atoms with E-state index in [-0.39, 0.29) is 0 Å². The Morgan fingerprint density at radius 3 is 2.83 bits per heavy atom. The minimum Gasteiger partial charge on any atom is -0.304 e. The Bertz CT molecular complexity index is 922. The highest BCUT2D eigenvalue weighted by molar-refractivity contribution is 5.87. The van der Waals surface area contributed by atoms with Crippen LogP contribution in [0.5, 0.6) is 0 Å². The van der Waals surface area contributed by atoms with Gasteiger partial charge in [-0.1, -0.05) is 0 Å². The third-order valence-corrected chi connectivity index (χ3v) is 4.81. The van der Waals surface area contributed by atoms with Crippen molar-refractivity contribution in [1.29, 1.82) is 0 Å². The van der Waals surface area contributed by atoms with Gasteiger partial charge in [0.25, 0.3) is 0 Å². The van der Waals surface area contributed by atoms with E-state index in [1.54, 1.807) is 0 Å². The molecule has 0 saturated heterocycles. The highest BCUT2D eigenvalue weighted by Gasteiger charge is 2.22. The third kappa shape index (κ3) is 2.53. The van der Waals surface area contributed by atoms with Gasteiger partial charge in [0.05, 0.1) is 0 Å². The highest BCUT2D eigenvalue weighted by Crippen LogP contribution is 2.31. The average Bonchev–Trinajstić information content (AvgIpc) is 2.88. The van der Waals surface area contributed by atoms with Crippen molar-refractivity contribution in [3.05, 3.63) is 59.2 Å². The molecule has 4 heteroatoms. The zero-order chi connectivity index (χ0) is 16.7. The van der Waals surface area contributed by atoms with E-state index >= 15 is 0 Å². The van der Waals surface area contributed by atoms with Crippen molar-refractivity contribution in [3.63, 3.8) is 0 Å². The Morgan fingerprint density at radius 1 is 1.25 bits per heavy atom. The third-order valence-electron chi connectivity index (χ3n) is 4.81. The first-order valence-corrected chi connectivity index (χ1v) is 8.39. The molecule has 0 atom stereocenters. The van der Waals surface area contributed by atoms with Crippen LogP contribution in [-0.2, 0) is 13.0 Å². The largest absolute Gasteiger partial charge is 0.304 e. The van der Waals surface area contributed by atoms with E-state index in [9.17, 15) is 0 Å². The lowest BCUT2D eigenvalue weighted by atomic mass is 10.1. The first kappa shape index (κ1) is 15.1. The number of hydrogen-bond acceptors (Lipinski definition) is 3. The summed E-state index contributed by atoms with van der Waals surface area (Å²) in [5, 5.41) is 1.29. The molecule has 0 unspecified atom stereocenters. The predicted octanol–water partition coefficient (Wildman–Crippen LogP) is 3.75. The summed E-state index contributed by atoms with van der Waals surface area (Å²) < 4.78 is 2.30. The minimum atomic E-state index is 0.992. The second-order valence-electron chi connectivity index (χ2n) is 6.71. The maximum atomic E-state index is 4.74. The molecule has 3 aromatic rings. The molecule has 24 heavy (non-hydrogen) atoms. The van der Waals surface area contributed by atoms with Crippen molar-refractivity contribution in [2.45, 2.75) is 26.8 Å². The second kappa shape index (κ2) is 5.87. The summed E-state index contributed by atoms with van der Waals surface area (Å²) in [4.78, 5) is 11.2. The van der Waals surface area contributed by atoms with Crippen molar-refractivity contribution < 1.29 is 0 Å². The number of aryl methyl sites for hydroxylation is 1. The summed E-state index contributed by atoms with van der Waals surface area (Å²) >= 11 is 0. The predicted molar refractivity (Wildman–Crippen MR) is 98.6 cm³/mol. The molecule has 122 valence electrons. The van der Waals surface area contributed by atoms with Crippen molar-refractivity contribution >= 4 is 22.8 Å². The normalized spacial score (nSPS) is 15.7. The molecule has 0 spiro atoms. The van der Waals surface area contributed by atoms with Crippen LogP contribution in [0.15, 0.2) is 36.8 Å². The van der Waals surface area contributed by atoms with E-state index in [1.807, 2.05) is 18.6 Å². The Hall–Kier alpha value is -2.46. The molecule has 0 fully saturated rings. The Balaban J connectivity index is 1.92. The SMILES string of the molecule is C/C(=C\n1c2c(c3cc(C)cnc31)CN(C)CC2)c1ccncc1. The lowest BCUT2D eigenvalue weighted by molar-refractivity contribution is 0.312. The van der Waals surface area contributed by atoms with Gasteiger partial charge in [0.1, 0.15) is 5.65 Å². The highest BCUT2D eigenvalue weighted by atomic mass is 15.1. The summed E-state index contributed by atoms with van der Waals surface area (Å²) in [6, 6.07) is 6.37. The van der Waals surface area contributed by atoms with Crippen molar-refractivity contribution in [3.8, 4) is 0 Å². The molecule has 0 N–H and O–H groups in total. The fourth-order valence-electron chi connectivity index (χ4n) is 3.52. The monoisotopic (exact) mass is 318 g/mol. The smallest absolute Gasteiger partial charge is 0.144 e. The van der Waals surface area contributed by atoms with Gasteiger partial charge >= 0.3 is 0 Å². The number of nitrogens with zero attached hydrogens (tertiary/aromatic N) is 4. The molecule has 0 aliphatic carbocycles. The van der Waals surface area contributed by atoms with Crippen LogP contribution in [0.3, 0.4) is 0 Å². The molecule has 0 saturated carbocycles. The summed E-state index contributed by atoms with van der Waals surface area (Å²) in [6.07, 6.45) is 8.92. The summed E-state index contributed by atoms with van der Waals surface area (Å²) in [5.74, 6) is 0. The van der Waals surface area contributed by atoms with Crippen LogP contribution in [0, 0.1) is 6.92 Å². The van der Waals surface area contributed by atoms with Crippen LogP contribution in [0.2, 0.25) is 0 Å². The van der Waals surface area contributed by atoms with E-state index in [1.165, 1.54) is 33.3 Å². The van der Waals surface area contributed by atoms with E-state index < -0.39 is 0 Å². The molecular weight excluding hydrogens is 296 g/mol. The molecule has 1 aliphatic rings. The summed E-state index contributed by atoms with van der Waals surface area (Å²) in [5.41, 5.74) is 7.52. The number of pyridine rings is 2. The van der Waals surface area contributed by atoms with Crippen molar-refractivity contribution in [2.24, 2.45) is 0 Å². The number of rotatable bonds is 2. The van der Waals surface area contributed by atoms with Gasteiger partial charge in [0.15, 0.2) is 0 Å². The van der Waals surface area contributed by atoms with Crippen LogP contribution in [-0.4, -0.2) is 33.0 Å². The van der Waals surface area contributed by atoms with Crippen LogP contribution in [0.1, 0.15) is 29.3 Å². The Morgan fingerprint density at radius 2 is 2.04 bits per heavy atom. The van der Waals surface area contributed by atoms with Gasteiger partial charge in [-0.15, -0.1) is 0 Å². The molecule has 0 amide bonds. The quantitative estimate of drug-likeness (QED) is 0.722. The van der Waals surface area contributed by atoms with Crippen molar-refractivity contribution in [1.82, 2.24) is 19.4 Å². The molecular formula is C20H22N4. The first-order valence-electron chi connectivity index (χ1n) is 8.39. The number of hydrogen-bond donors (Lipinski definition) is 0. The van der Waals surface area contributed by atoms with E-state index in [0.717, 1.165) is 25.2 Å². The van der Waals surface area contributed by atoms with Crippen LogP contribution >= 0.6 is 0 Å². The number of fused-ring (bicyclic) bond motifs is 3. The zero-order valence-corrected chi connectivity index (χ0v) is 14.5. The molecule has 3 aromatic heterocycles. The molecule has 0 aromatic carbocycles. The van der Waals surface area contributed by atoms with Gasteiger partial charge in [-0.25, -0.2) is 4.98 Å². The molecule has 1 aliphatic heterocycles. The topological polar surface area (TPSA) is 34.0 Å². The van der Waals surface area contributed by atoms with Gasteiger partial charge in [-0.05, 0) is 61.4 Å². The van der Waals surface area contributed by atoms with E-state index in [2.05, 4.69) is 59.7 Å². The maximum Gasteiger partial charge on any atom is 0.144 e. The Kier molecular flexibility index (Phi) is 3.69. The summed E-state index contributed by atoms with van der Waals surface area (Å²) in [7, 11) is 2.19. The molecule has 4 nitrogen and oxygen atoms in total. The van der Waals surface area contributed by atoms with Crippen LogP contribution < -0.4 is 0 Å². The lowest BCUT2D eigenvalue weighted by Crippen LogP contribution is -2.26. The average molecular weight is 318 g/mol. The van der Waals surface area contributed by atoms with Crippen LogP contribution in [0.4, 0.5) is 0 Å². The molecule has 4 heterocycles. The van der Waals surface area contributed by atoms with Crippen molar-refractivity contribution in [2.75, 3.05) is 13.6 Å². The Labute approximate surface area is 142 Å². The maximum absolute atomic E-state index is 4.74. The molecule has 0 bridgehead atoms. The molecule has 0 radical (unpaired) electrons. The van der Waals surface area contributed by atoms with E-state index in [0.29, 0.717) is 0 Å². The van der Waals surface area contributed by atoms with Gasteiger partial charge < -0.3 is 9.47 Å². The number of allylic oxidation sites excluding steroid dienone is 1. The fraction of sp³-hybridized carbons (Fsp3) is 0.300. The van der Waals surface area contributed by atoms with Gasteiger partial charge in [-0.2, -0.15) is 0 Å². The number of likely N-dealkylation sites (N-methyl/N-ethyl adjacent to an activating group) is 1. The van der Waals surface area contributed by atoms with Gasteiger partial charge in [0.2, 0.25) is 0 Å². The standard InChI is InChI=1S/C20H22N4/c1-14-10-17-18-13-23(3)9-6-19(18)24(20(17)22-11-14)12-15(2)16-4-7-21-8-5-16/h4-5,7-8,10-12H,6,9,13H2,1-3H3/b15-12+. The lowest BCUT2D eigenvalue weighted by Gasteiger charge is -2.23. The van der Waals surface area contributed by atoms with E-state index in [4.69, 9.17) is 4.98 Å². The number of aromatic nitrogens is 3. The summed E-state index contributed by atoms with van der Waals surface area (Å²) in [6.45, 7) is 6.34. The first-order chi connectivity index (χ1) is 11.6. The fourth-order valence-corrected chi connectivity index (χ4v) is 3.52. The van der Waals surface area contributed by atoms with Gasteiger partial charge in [-0.3, -0.25) is 4.98 Å². The zero-order valence-electron chi connectivity index (χ0n) is 14.5.